The summed E-state index contributed by atoms with van der Waals surface area (Å²) < 4.78 is 17.1. The summed E-state index contributed by atoms with van der Waals surface area (Å²) in [6.07, 6.45) is 3.21. The van der Waals surface area contributed by atoms with Crippen LogP contribution in [0.3, 0.4) is 0 Å². The van der Waals surface area contributed by atoms with Crippen LogP contribution in [0.4, 0.5) is 0 Å². The number of nitrogens with one attached hydrogen (secondary N) is 2. The molecule has 33 heavy (non-hydrogen) atoms. The van der Waals surface area contributed by atoms with E-state index in [9.17, 15) is 0 Å². The largest absolute Gasteiger partial charge is 0.492 e. The lowest BCUT2D eigenvalue weighted by Gasteiger charge is -2.21. The van der Waals surface area contributed by atoms with Crippen molar-refractivity contribution in [1.82, 2.24) is 15.5 Å². The highest BCUT2D eigenvalue weighted by molar-refractivity contribution is 14.0. The number of likely N-dealkylation sites (N-methyl/N-ethyl adjacent to an activating group) is 1. The molecule has 1 heterocycles. The molecule has 1 aliphatic heterocycles. The number of ether oxygens (including phenoxy) is 3. The van der Waals surface area contributed by atoms with Crippen LogP contribution >= 0.6 is 24.0 Å². The Bertz CT molecular complexity index is 621. The molecule has 1 aromatic rings. The van der Waals surface area contributed by atoms with E-state index in [-0.39, 0.29) is 24.0 Å². The zero-order chi connectivity index (χ0) is 22.9. The van der Waals surface area contributed by atoms with Crippen molar-refractivity contribution in [3.05, 3.63) is 29.8 Å². The van der Waals surface area contributed by atoms with Crippen LogP contribution in [-0.2, 0) is 16.0 Å². The Balaban J connectivity index is 0.00000544. The number of hydrogen-bond donors (Lipinski definition) is 2. The maximum absolute atomic E-state index is 5.86. The van der Waals surface area contributed by atoms with E-state index in [4.69, 9.17) is 19.2 Å². The monoisotopic (exact) mass is 576 g/mol. The fraction of sp³-hybridized carbons (Fsp3) is 0.720. The lowest BCUT2D eigenvalue weighted by Crippen LogP contribution is -2.38. The van der Waals surface area contributed by atoms with Gasteiger partial charge >= 0.3 is 0 Å². The van der Waals surface area contributed by atoms with E-state index in [2.05, 4.69) is 48.4 Å². The van der Waals surface area contributed by atoms with Gasteiger partial charge in [0.05, 0.1) is 6.54 Å². The predicted octanol–water partition coefficient (Wildman–Crippen LogP) is 3.91. The first-order chi connectivity index (χ1) is 15.7. The standard InChI is InChI=1S/C25H44N4O3.HI/c1-4-26-25(27-14-7-16-31-21-23-12-17-30-18-13-23)28-20-22-8-10-24(11-9-22)32-19-15-29(5-2)6-3;/h8-11,23H,4-7,12-21H2,1-3H3,(H2,26,27,28);1H. The molecule has 1 fully saturated rings. The van der Waals surface area contributed by atoms with E-state index in [1.165, 1.54) is 0 Å². The Kier molecular flexibility index (Phi) is 17.4. The van der Waals surface area contributed by atoms with Crippen molar-refractivity contribution in [2.75, 3.05) is 65.8 Å². The highest BCUT2D eigenvalue weighted by Gasteiger charge is 2.13. The summed E-state index contributed by atoms with van der Waals surface area (Å²) in [6.45, 7) is 15.9. The number of hydrogen-bond acceptors (Lipinski definition) is 5. The quantitative estimate of drug-likeness (QED) is 0.143. The minimum absolute atomic E-state index is 0. The number of aliphatic imine (C=N–C) groups is 1. The molecule has 1 aromatic carbocycles. The second-order valence-corrected chi connectivity index (χ2v) is 8.13. The number of benzene rings is 1. The van der Waals surface area contributed by atoms with Gasteiger partial charge in [-0.25, -0.2) is 4.99 Å². The first-order valence-electron chi connectivity index (χ1n) is 12.4. The van der Waals surface area contributed by atoms with Crippen LogP contribution in [0.1, 0.15) is 45.6 Å². The number of nitrogens with zero attached hydrogens (tertiary/aromatic N) is 2. The summed E-state index contributed by atoms with van der Waals surface area (Å²) in [5, 5.41) is 6.71. The molecule has 1 saturated heterocycles. The van der Waals surface area contributed by atoms with Crippen LogP contribution < -0.4 is 15.4 Å². The summed E-state index contributed by atoms with van der Waals surface area (Å²) in [5.41, 5.74) is 1.16. The number of guanidine groups is 1. The lowest BCUT2D eigenvalue weighted by molar-refractivity contribution is 0.0203. The van der Waals surface area contributed by atoms with Crippen molar-refractivity contribution in [2.24, 2.45) is 10.9 Å². The third-order valence-corrected chi connectivity index (χ3v) is 5.71. The zero-order valence-corrected chi connectivity index (χ0v) is 23.1. The summed E-state index contributed by atoms with van der Waals surface area (Å²) >= 11 is 0. The highest BCUT2D eigenvalue weighted by atomic mass is 127. The Labute approximate surface area is 218 Å². The molecule has 8 heteroatoms. The maximum Gasteiger partial charge on any atom is 0.191 e. The highest BCUT2D eigenvalue weighted by Crippen LogP contribution is 2.15. The molecule has 0 saturated carbocycles. The molecule has 0 spiro atoms. The van der Waals surface area contributed by atoms with Crippen molar-refractivity contribution < 1.29 is 14.2 Å². The molecule has 190 valence electrons. The molecule has 7 nitrogen and oxygen atoms in total. The Morgan fingerprint density at radius 2 is 1.79 bits per heavy atom. The van der Waals surface area contributed by atoms with Gasteiger partial charge in [0.1, 0.15) is 12.4 Å². The van der Waals surface area contributed by atoms with Gasteiger partial charge in [0.15, 0.2) is 5.96 Å². The van der Waals surface area contributed by atoms with Gasteiger partial charge in [-0.05, 0) is 62.9 Å². The van der Waals surface area contributed by atoms with Gasteiger partial charge in [-0.15, -0.1) is 24.0 Å². The van der Waals surface area contributed by atoms with E-state index in [0.29, 0.717) is 19.1 Å². The lowest BCUT2D eigenvalue weighted by atomic mass is 10.0. The van der Waals surface area contributed by atoms with Crippen LogP contribution in [0.5, 0.6) is 5.75 Å². The van der Waals surface area contributed by atoms with Gasteiger partial charge in [-0.3, -0.25) is 0 Å². The third-order valence-electron chi connectivity index (χ3n) is 5.71. The molecule has 0 aliphatic carbocycles. The molecular weight excluding hydrogens is 531 g/mol. The number of rotatable bonds is 15. The summed E-state index contributed by atoms with van der Waals surface area (Å²) in [6, 6.07) is 8.24. The molecule has 2 rings (SSSR count). The second-order valence-electron chi connectivity index (χ2n) is 8.13. The van der Waals surface area contributed by atoms with Crippen molar-refractivity contribution >= 4 is 29.9 Å². The minimum atomic E-state index is 0. The molecule has 0 unspecified atom stereocenters. The van der Waals surface area contributed by atoms with Gasteiger partial charge in [-0.2, -0.15) is 0 Å². The fourth-order valence-electron chi connectivity index (χ4n) is 3.58. The van der Waals surface area contributed by atoms with Crippen LogP contribution in [-0.4, -0.2) is 76.6 Å². The van der Waals surface area contributed by atoms with Gasteiger partial charge in [0.2, 0.25) is 0 Å². The second kappa shape index (κ2) is 19.2. The van der Waals surface area contributed by atoms with Crippen LogP contribution in [0, 0.1) is 5.92 Å². The van der Waals surface area contributed by atoms with Gasteiger partial charge < -0.3 is 29.7 Å². The number of halogens is 1. The topological polar surface area (TPSA) is 67.4 Å². The smallest absolute Gasteiger partial charge is 0.191 e. The van der Waals surface area contributed by atoms with E-state index < -0.39 is 0 Å². The van der Waals surface area contributed by atoms with Gasteiger partial charge in [0.25, 0.3) is 0 Å². The molecule has 0 radical (unpaired) electrons. The maximum atomic E-state index is 5.86. The minimum Gasteiger partial charge on any atom is -0.492 e. The molecule has 2 N–H and O–H groups in total. The third kappa shape index (κ3) is 13.4. The first-order valence-corrected chi connectivity index (χ1v) is 12.4. The van der Waals surface area contributed by atoms with E-state index in [1.807, 2.05) is 12.1 Å². The van der Waals surface area contributed by atoms with E-state index >= 15 is 0 Å². The SMILES string of the molecule is CCNC(=NCc1ccc(OCCN(CC)CC)cc1)NCCCOCC1CCOCC1.I. The van der Waals surface area contributed by atoms with E-state index in [0.717, 1.165) is 95.7 Å². The van der Waals surface area contributed by atoms with Crippen molar-refractivity contribution in [2.45, 2.75) is 46.6 Å². The molecule has 1 aliphatic rings. The van der Waals surface area contributed by atoms with Crippen LogP contribution in [0.25, 0.3) is 0 Å². The van der Waals surface area contributed by atoms with Crippen LogP contribution in [0.2, 0.25) is 0 Å². The molecular formula is C25H45IN4O3. The van der Waals surface area contributed by atoms with Crippen molar-refractivity contribution in [3.63, 3.8) is 0 Å². The average Bonchev–Trinajstić information content (AvgIpc) is 2.84. The molecule has 0 atom stereocenters. The first kappa shape index (κ1) is 29.9. The summed E-state index contributed by atoms with van der Waals surface area (Å²) in [5.74, 6) is 2.42. The molecule has 0 amide bonds. The molecule has 0 aromatic heterocycles. The zero-order valence-electron chi connectivity index (χ0n) is 20.8. The Morgan fingerprint density at radius 1 is 1.06 bits per heavy atom. The van der Waals surface area contributed by atoms with Gasteiger partial charge in [0, 0.05) is 46.1 Å². The van der Waals surface area contributed by atoms with E-state index in [1.54, 1.807) is 0 Å². The summed E-state index contributed by atoms with van der Waals surface area (Å²) in [4.78, 5) is 7.06. The normalized spacial score (nSPS) is 14.7. The van der Waals surface area contributed by atoms with Crippen molar-refractivity contribution in [1.29, 1.82) is 0 Å². The fourth-order valence-corrected chi connectivity index (χ4v) is 3.58. The molecule has 0 bridgehead atoms. The predicted molar refractivity (Wildman–Crippen MR) is 147 cm³/mol. The Morgan fingerprint density at radius 3 is 2.45 bits per heavy atom. The van der Waals surface area contributed by atoms with Gasteiger partial charge in [-0.1, -0.05) is 26.0 Å². The average molecular weight is 577 g/mol. The Hall–Kier alpha value is -1.10. The van der Waals surface area contributed by atoms with Crippen LogP contribution in [0.15, 0.2) is 29.3 Å². The van der Waals surface area contributed by atoms with Crippen molar-refractivity contribution in [3.8, 4) is 5.75 Å². The summed E-state index contributed by atoms with van der Waals surface area (Å²) in [7, 11) is 0.